The molecule has 5 N–H and O–H groups in total. The Morgan fingerprint density at radius 2 is 1.49 bits per heavy atom. The van der Waals surface area contributed by atoms with E-state index in [2.05, 4.69) is 54.5 Å². The zero-order valence-corrected chi connectivity index (χ0v) is 28.2. The third-order valence-corrected chi connectivity index (χ3v) is 15.1. The van der Waals surface area contributed by atoms with Gasteiger partial charge in [-0.15, -0.1) is 0 Å². The predicted molar refractivity (Wildman–Crippen MR) is 166 cm³/mol. The van der Waals surface area contributed by atoms with Gasteiger partial charge in [0.25, 0.3) is 0 Å². The number of aliphatic hydroxyl groups is 3. The van der Waals surface area contributed by atoms with E-state index < -0.39 is 48.1 Å². The smallest absolute Gasteiger partial charge is 0.335 e. The number of carbonyl (C=O) groups is 2. The Morgan fingerprint density at radius 3 is 2.13 bits per heavy atom. The first-order valence-corrected chi connectivity index (χ1v) is 17.3. The molecule has 5 fully saturated rings. The molecule has 1 aliphatic heterocycles. The van der Waals surface area contributed by atoms with E-state index in [-0.39, 0.29) is 39.1 Å². The summed E-state index contributed by atoms with van der Waals surface area (Å²) in [7, 11) is 0. The van der Waals surface area contributed by atoms with E-state index in [1.807, 2.05) is 0 Å². The van der Waals surface area contributed by atoms with E-state index in [0.717, 1.165) is 57.8 Å². The van der Waals surface area contributed by atoms with E-state index in [0.29, 0.717) is 18.3 Å². The molecule has 9 nitrogen and oxygen atoms in total. The first kappa shape index (κ1) is 33.4. The van der Waals surface area contributed by atoms with Crippen LogP contribution in [0.3, 0.4) is 0 Å². The second-order valence-corrected chi connectivity index (χ2v) is 17.9. The van der Waals surface area contributed by atoms with Crippen molar-refractivity contribution in [2.24, 2.45) is 50.2 Å². The number of ether oxygens (including phenoxy) is 2. The Hall–Kier alpha value is -1.52. The summed E-state index contributed by atoms with van der Waals surface area (Å²) >= 11 is 0. The summed E-state index contributed by atoms with van der Waals surface area (Å²) in [5, 5.41) is 51.4. The van der Waals surface area contributed by atoms with Crippen molar-refractivity contribution >= 4 is 11.9 Å². The molecular formula is C36H56O9. The van der Waals surface area contributed by atoms with Crippen LogP contribution in [0.5, 0.6) is 0 Å². The lowest BCUT2D eigenvalue weighted by molar-refractivity contribution is -0.324. The number of rotatable bonds is 4. The number of allylic oxidation sites excluding steroid dienone is 2. The number of aliphatic hydroxyl groups excluding tert-OH is 3. The average molecular weight is 633 g/mol. The molecule has 0 aromatic heterocycles. The average Bonchev–Trinajstić information content (AvgIpc) is 2.94. The van der Waals surface area contributed by atoms with Crippen LogP contribution in [-0.2, 0) is 19.1 Å². The first-order valence-electron chi connectivity index (χ1n) is 17.3. The van der Waals surface area contributed by atoms with Crippen LogP contribution in [-0.4, -0.2) is 74.3 Å². The van der Waals surface area contributed by atoms with Gasteiger partial charge in [0.1, 0.15) is 18.3 Å². The Labute approximate surface area is 267 Å². The maximum atomic E-state index is 12.9. The van der Waals surface area contributed by atoms with E-state index >= 15 is 0 Å². The zero-order chi connectivity index (χ0) is 33.1. The quantitative estimate of drug-likeness (QED) is 0.209. The van der Waals surface area contributed by atoms with E-state index in [4.69, 9.17) is 9.47 Å². The van der Waals surface area contributed by atoms with Gasteiger partial charge in [-0.2, -0.15) is 0 Å². The van der Waals surface area contributed by atoms with Crippen LogP contribution in [0.4, 0.5) is 0 Å². The summed E-state index contributed by atoms with van der Waals surface area (Å²) in [6.07, 6.45) is 2.94. The third kappa shape index (κ3) is 4.57. The standard InChI is InChI=1S/C36H56O9/c1-31(2)14-16-36(30(42)43)17-15-34(6)19(20(36)18-31)8-9-22-33(5)12-11-23(32(3,4)21(33)10-13-35(22,34)7)44-29-26(39)24(37)25(38)27(45-29)28(40)41/h8,20-27,29,37-39H,9-18H2,1-7H3,(H,40,41)(H,42,43)/t20-,21-,22+,23-,24?,25?,26?,27?,29?,33-,34+,35+,36-/m0/s1. The number of hydrogen-bond acceptors (Lipinski definition) is 7. The van der Waals surface area contributed by atoms with Crippen molar-refractivity contribution in [2.45, 2.75) is 149 Å². The molecule has 4 saturated carbocycles. The van der Waals surface area contributed by atoms with E-state index in [1.165, 1.54) is 5.57 Å². The van der Waals surface area contributed by atoms with Crippen molar-refractivity contribution < 1.29 is 44.6 Å². The van der Waals surface area contributed by atoms with Gasteiger partial charge in [0.15, 0.2) is 12.4 Å². The maximum Gasteiger partial charge on any atom is 0.335 e. The molecule has 6 rings (SSSR count). The molecular weight excluding hydrogens is 576 g/mol. The van der Waals surface area contributed by atoms with Gasteiger partial charge >= 0.3 is 11.9 Å². The highest BCUT2D eigenvalue weighted by Crippen LogP contribution is 2.76. The van der Waals surface area contributed by atoms with Crippen molar-refractivity contribution in [3.05, 3.63) is 11.6 Å². The van der Waals surface area contributed by atoms with Gasteiger partial charge in [-0.25, -0.2) is 4.79 Å². The molecule has 45 heavy (non-hydrogen) atoms. The van der Waals surface area contributed by atoms with Gasteiger partial charge in [0.05, 0.1) is 11.5 Å². The molecule has 5 unspecified atom stereocenters. The topological polar surface area (TPSA) is 154 Å². The van der Waals surface area contributed by atoms with Crippen molar-refractivity contribution in [2.75, 3.05) is 0 Å². The summed E-state index contributed by atoms with van der Waals surface area (Å²) in [6, 6.07) is 0. The molecule has 0 aromatic carbocycles. The second kappa shape index (κ2) is 10.5. The first-order chi connectivity index (χ1) is 20.7. The number of carboxylic acids is 2. The predicted octanol–water partition coefficient (Wildman–Crippen LogP) is 5.15. The number of hydrogen-bond donors (Lipinski definition) is 5. The largest absolute Gasteiger partial charge is 0.481 e. The number of aliphatic carboxylic acids is 2. The highest BCUT2D eigenvalue weighted by Gasteiger charge is 2.69. The van der Waals surface area contributed by atoms with Crippen molar-refractivity contribution in [3.8, 4) is 0 Å². The normalized spacial score (nSPS) is 51.9. The molecule has 0 spiro atoms. The van der Waals surface area contributed by atoms with Crippen LogP contribution < -0.4 is 0 Å². The van der Waals surface area contributed by atoms with Gasteiger partial charge in [-0.1, -0.05) is 60.1 Å². The minimum Gasteiger partial charge on any atom is -0.481 e. The lowest BCUT2D eigenvalue weighted by Gasteiger charge is -2.71. The van der Waals surface area contributed by atoms with Gasteiger partial charge in [0.2, 0.25) is 0 Å². The Morgan fingerprint density at radius 1 is 0.822 bits per heavy atom. The summed E-state index contributed by atoms with van der Waals surface area (Å²) in [6.45, 7) is 16.4. The summed E-state index contributed by atoms with van der Waals surface area (Å²) < 4.78 is 11.9. The molecule has 0 amide bonds. The minimum atomic E-state index is -1.75. The Balaban J connectivity index is 1.29. The van der Waals surface area contributed by atoms with Gasteiger partial charge in [0, 0.05) is 0 Å². The van der Waals surface area contributed by atoms with Crippen LogP contribution in [0, 0.1) is 50.2 Å². The lowest BCUT2D eigenvalue weighted by Crippen LogP contribution is -2.66. The molecule has 13 atom stereocenters. The third-order valence-electron chi connectivity index (χ3n) is 15.1. The summed E-state index contributed by atoms with van der Waals surface area (Å²) in [5.74, 6) is -1.24. The molecule has 0 bridgehead atoms. The number of fused-ring (bicyclic) bond motifs is 7. The lowest BCUT2D eigenvalue weighted by atomic mass is 9.33. The van der Waals surface area contributed by atoms with E-state index in [9.17, 15) is 35.1 Å². The van der Waals surface area contributed by atoms with Crippen LogP contribution >= 0.6 is 0 Å². The van der Waals surface area contributed by atoms with Crippen LogP contribution in [0.25, 0.3) is 0 Å². The van der Waals surface area contributed by atoms with Crippen molar-refractivity contribution in [3.63, 3.8) is 0 Å². The molecule has 254 valence electrons. The van der Waals surface area contributed by atoms with Crippen molar-refractivity contribution in [1.82, 2.24) is 0 Å². The molecule has 1 saturated heterocycles. The summed E-state index contributed by atoms with van der Waals surface area (Å²) in [5.41, 5.74) is 0.508. The minimum absolute atomic E-state index is 0.0000841. The fourth-order valence-corrected chi connectivity index (χ4v) is 12.2. The fourth-order valence-electron chi connectivity index (χ4n) is 12.2. The van der Waals surface area contributed by atoms with Crippen LogP contribution in [0.15, 0.2) is 11.6 Å². The van der Waals surface area contributed by atoms with E-state index in [1.54, 1.807) is 0 Å². The van der Waals surface area contributed by atoms with Gasteiger partial charge in [-0.3, -0.25) is 4.79 Å². The van der Waals surface area contributed by atoms with Gasteiger partial charge < -0.3 is 35.0 Å². The highest BCUT2D eigenvalue weighted by atomic mass is 16.7. The molecule has 9 heteroatoms. The summed E-state index contributed by atoms with van der Waals surface area (Å²) in [4.78, 5) is 24.6. The van der Waals surface area contributed by atoms with Crippen LogP contribution in [0.1, 0.15) is 113 Å². The monoisotopic (exact) mass is 632 g/mol. The molecule has 5 aliphatic carbocycles. The fraction of sp³-hybridized carbons (Fsp3) is 0.889. The number of carboxylic acid groups (broad SMARTS) is 2. The van der Waals surface area contributed by atoms with Crippen LogP contribution in [0.2, 0.25) is 0 Å². The molecule has 6 aliphatic rings. The molecule has 1 heterocycles. The molecule has 0 radical (unpaired) electrons. The van der Waals surface area contributed by atoms with Crippen molar-refractivity contribution in [1.29, 1.82) is 0 Å². The Bertz CT molecular complexity index is 1260. The Kier molecular flexibility index (Phi) is 7.78. The molecule has 0 aromatic rings. The SMILES string of the molecule is CC1(C)CC[C@]2(C(=O)O)CC[C@]3(C)C(=CC[C@@H]4[C@@]5(C)CC[C@H](OC6OC(C(=O)O)C(O)C(O)C6O)C(C)(C)[C@@H]5CC[C@]43C)[C@@H]2C1. The van der Waals surface area contributed by atoms with Gasteiger partial charge in [-0.05, 0) is 109 Å². The highest BCUT2D eigenvalue weighted by molar-refractivity contribution is 5.76. The second-order valence-electron chi connectivity index (χ2n) is 17.9. The zero-order valence-electron chi connectivity index (χ0n) is 28.2. The maximum absolute atomic E-state index is 12.9.